The van der Waals surface area contributed by atoms with Crippen LogP contribution in [0.15, 0.2) is 267 Å². The fourth-order valence-electron chi connectivity index (χ4n) is 18.9. The van der Waals surface area contributed by atoms with Crippen LogP contribution in [0.1, 0.15) is 353 Å². The van der Waals surface area contributed by atoms with Gasteiger partial charge in [-0.25, -0.2) is 0 Å². The molecule has 3 N–H and O–H groups in total. The van der Waals surface area contributed by atoms with Gasteiger partial charge in [-0.1, -0.05) is 199 Å². The maximum Gasteiger partial charge on any atom is 0.196 e. The van der Waals surface area contributed by atoms with E-state index in [0.29, 0.717) is 49.4 Å². The highest BCUT2D eigenvalue weighted by Crippen LogP contribution is 2.48. The Bertz CT molecular complexity index is 5070. The van der Waals surface area contributed by atoms with Crippen molar-refractivity contribution in [2.75, 3.05) is 19.8 Å². The maximum absolute atomic E-state index is 10.6. The van der Waals surface area contributed by atoms with Crippen molar-refractivity contribution in [3.8, 4) is 51.7 Å². The van der Waals surface area contributed by atoms with E-state index in [-0.39, 0.29) is 88.4 Å². The van der Waals surface area contributed by atoms with Crippen molar-refractivity contribution in [2.45, 2.75) is 330 Å². The average Bonchev–Trinajstić information content (AvgIpc) is 0.810. The summed E-state index contributed by atoms with van der Waals surface area (Å²) < 4.78 is 53.7. The van der Waals surface area contributed by atoms with Crippen molar-refractivity contribution in [1.82, 2.24) is 0 Å². The highest BCUT2D eigenvalue weighted by molar-refractivity contribution is 5.41. The summed E-state index contributed by atoms with van der Waals surface area (Å²) >= 11 is 0. The zero-order valence-electron chi connectivity index (χ0n) is 83.3. The molecule has 14 unspecified atom stereocenters. The molecule has 0 aliphatic rings. The van der Waals surface area contributed by atoms with E-state index in [2.05, 4.69) is 322 Å². The summed E-state index contributed by atoms with van der Waals surface area (Å²) in [5.74, 6) is 9.09. The van der Waals surface area contributed by atoms with Crippen LogP contribution in [0.25, 0.3) is 0 Å². The second kappa shape index (κ2) is 50.6. The number of phenols is 3. The molecule has 0 radical (unpaired) electrons. The van der Waals surface area contributed by atoms with Crippen LogP contribution in [0.3, 0.4) is 0 Å². The van der Waals surface area contributed by atoms with Gasteiger partial charge in [-0.05, 0) is 434 Å². The zero-order valence-corrected chi connectivity index (χ0v) is 83.3. The fraction of sp³-hybridized carbons (Fsp3) is 0.450. The fourth-order valence-corrected chi connectivity index (χ4v) is 18.9. The van der Waals surface area contributed by atoms with Crippen LogP contribution in [-0.4, -0.2) is 70.8 Å². The molecule has 14 atom stereocenters. The zero-order chi connectivity index (χ0) is 95.1. The van der Waals surface area contributed by atoms with Gasteiger partial charge in [0.2, 0.25) is 0 Å². The normalized spacial score (nSPS) is 15.1. The Labute approximate surface area is 793 Å². The molecule has 0 aliphatic carbocycles. The van der Waals surface area contributed by atoms with Gasteiger partial charge >= 0.3 is 0 Å². The number of phenolic OH excluding ortho intramolecular Hbond substituents is 3. The molecule has 708 valence electrons. The van der Waals surface area contributed by atoms with E-state index in [1.165, 1.54) is 72.3 Å². The molecule has 0 heterocycles. The number of ether oxygens (including phenoxy) is 9. The van der Waals surface area contributed by atoms with Crippen molar-refractivity contribution in [3.63, 3.8) is 0 Å². The molecule has 0 fully saturated rings. The summed E-state index contributed by atoms with van der Waals surface area (Å²) in [7, 11) is 0. The van der Waals surface area contributed by atoms with Crippen LogP contribution in [-0.2, 0) is 27.1 Å². The van der Waals surface area contributed by atoms with E-state index < -0.39 is 0 Å². The molecule has 0 bridgehead atoms. The topological polar surface area (TPSA) is 144 Å². The lowest BCUT2D eigenvalue weighted by Gasteiger charge is -2.32. The quantitative estimate of drug-likeness (QED) is 0.0312. The van der Waals surface area contributed by atoms with Crippen LogP contribution < -0.4 is 28.4 Å². The van der Waals surface area contributed by atoms with Gasteiger partial charge in [-0.3, -0.25) is 0 Å². The highest BCUT2D eigenvalue weighted by Gasteiger charge is 2.31. The first-order chi connectivity index (χ1) is 63.1. The monoisotopic (exact) mass is 1790 g/mol. The van der Waals surface area contributed by atoms with Gasteiger partial charge in [0.25, 0.3) is 0 Å². The Morgan fingerprint density at radius 1 is 0.212 bits per heavy atom. The standard InChI is InChI=1S/C72H90O9.C48H66O3/c1-10-54(57-25-37-70(38-26-57)79-50(7)76-12-3)45-64(60-21-33-68(74)34-22-60)44-53-15-17-59(18-16-53)66(47-63(43-49(6)56-19-31-67(73)32-20-56)62-29-41-72(42-30-62)81-52(9)78-14-5)48-65(61-23-35-69(75)36-24-61)46-55(11-2)58-27-39-71(40-28-58)80-51(8)77-13-4;1-13-36(39-21-27-44(28-22-39)50-47(7,8)9)32-35-15-17-41(18-16-35)42(31-34(3)38-19-25-43(26-20-38)49-46(4,5)6)33-37(14-2)40-23-29-45(30-24-40)51-48(10,11)12/h15-42,49-52,54-55,63-66,73-75H,10-14,43-48H2,1-9H3;15-30,34,36-37,42H,13-14,31-33H2,1-12H3. The Morgan fingerprint density at radius 2 is 0.402 bits per heavy atom. The smallest absolute Gasteiger partial charge is 0.196 e. The van der Waals surface area contributed by atoms with E-state index >= 15 is 0 Å². The lowest BCUT2D eigenvalue weighted by Crippen LogP contribution is -2.22. The number of rotatable bonds is 48. The average molecular weight is 1790 g/mol. The van der Waals surface area contributed by atoms with Crippen molar-refractivity contribution in [2.24, 2.45) is 0 Å². The summed E-state index contributed by atoms with van der Waals surface area (Å²) in [6.07, 6.45) is 11.7. The van der Waals surface area contributed by atoms with Crippen molar-refractivity contribution >= 4 is 0 Å². The molecule has 0 amide bonds. The number of aromatic hydroxyl groups is 3. The van der Waals surface area contributed by atoms with E-state index in [1.54, 1.807) is 12.1 Å². The molecule has 12 nitrogen and oxygen atoms in total. The predicted octanol–water partition coefficient (Wildman–Crippen LogP) is 32.0. The molecule has 11 aromatic rings. The second-order valence-corrected chi connectivity index (χ2v) is 39.5. The molecule has 11 aromatic carbocycles. The summed E-state index contributed by atoms with van der Waals surface area (Å²) in [6.45, 7) is 46.1. The third-order valence-electron chi connectivity index (χ3n) is 25.7. The molecule has 0 aliphatic heterocycles. The molecule has 11 rings (SSSR count). The minimum atomic E-state index is -0.365. The summed E-state index contributed by atoms with van der Waals surface area (Å²) in [6, 6.07) is 94.4. The molecule has 132 heavy (non-hydrogen) atoms. The second-order valence-electron chi connectivity index (χ2n) is 39.5. The van der Waals surface area contributed by atoms with Gasteiger partial charge in [0, 0.05) is 19.8 Å². The van der Waals surface area contributed by atoms with E-state index in [0.717, 1.165) is 118 Å². The maximum atomic E-state index is 10.6. The Hall–Kier alpha value is -10.5. The van der Waals surface area contributed by atoms with Crippen LogP contribution in [0.4, 0.5) is 0 Å². The first-order valence-corrected chi connectivity index (χ1v) is 49.2. The largest absolute Gasteiger partial charge is 0.508 e. The lowest BCUT2D eigenvalue weighted by molar-refractivity contribution is -0.0616. The third kappa shape index (κ3) is 33.6. The van der Waals surface area contributed by atoms with Crippen LogP contribution >= 0.6 is 0 Å². The molecular weight excluding hydrogens is 1630 g/mol. The van der Waals surface area contributed by atoms with E-state index in [1.807, 2.05) is 77.9 Å². The molecule has 0 aromatic heterocycles. The highest BCUT2D eigenvalue weighted by atomic mass is 16.7. The van der Waals surface area contributed by atoms with Gasteiger partial charge < -0.3 is 58.0 Å². The van der Waals surface area contributed by atoms with Gasteiger partial charge in [-0.15, -0.1) is 0 Å². The SMILES string of the molecule is CCC(Cc1ccc(C(CC(C)c2ccc(OC(C)(C)C)cc2)CC(CC)c2ccc(OC(C)(C)C)cc2)cc1)c1ccc(OC(C)(C)C)cc1.CCOC(C)Oc1ccc(C(CC)CC(Cc2ccc(C(CC(CC(C)c3ccc(O)cc3)c3ccc(OC(C)OCC)cc3)CC(CC(CC)c3ccc(OC(C)OCC)cc3)c3ccc(O)cc3)cc2)c2ccc(O)cc2)cc1. The third-order valence-corrected chi connectivity index (χ3v) is 25.7. The van der Waals surface area contributed by atoms with Gasteiger partial charge in [0.1, 0.15) is 68.5 Å². The number of benzene rings is 11. The Balaban J connectivity index is 0.000000304. The first kappa shape index (κ1) is 104. The minimum Gasteiger partial charge on any atom is -0.508 e. The van der Waals surface area contributed by atoms with Crippen LogP contribution in [0.5, 0.6) is 51.7 Å². The summed E-state index contributed by atoms with van der Waals surface area (Å²) in [5.41, 5.74) is 16.3. The van der Waals surface area contributed by atoms with Crippen LogP contribution in [0, 0.1) is 0 Å². The van der Waals surface area contributed by atoms with Gasteiger partial charge in [0.05, 0.1) is 0 Å². The molecule has 0 saturated heterocycles. The van der Waals surface area contributed by atoms with Gasteiger partial charge in [-0.2, -0.15) is 0 Å². The summed E-state index contributed by atoms with van der Waals surface area (Å²) in [5, 5.41) is 31.3. The molecule has 12 heteroatoms. The Kier molecular flexibility index (Phi) is 39.7. The van der Waals surface area contributed by atoms with E-state index in [4.69, 9.17) is 42.6 Å². The van der Waals surface area contributed by atoms with Crippen molar-refractivity contribution in [3.05, 3.63) is 339 Å². The number of hydrogen-bond donors (Lipinski definition) is 3. The summed E-state index contributed by atoms with van der Waals surface area (Å²) in [4.78, 5) is 0. The lowest BCUT2D eigenvalue weighted by atomic mass is 9.73. The van der Waals surface area contributed by atoms with Gasteiger partial charge in [0.15, 0.2) is 18.9 Å². The molecule has 0 saturated carbocycles. The first-order valence-electron chi connectivity index (χ1n) is 49.2. The predicted molar refractivity (Wildman–Crippen MR) is 545 cm³/mol. The van der Waals surface area contributed by atoms with E-state index in [9.17, 15) is 15.3 Å². The Morgan fingerprint density at radius 3 is 0.659 bits per heavy atom. The number of hydrogen-bond acceptors (Lipinski definition) is 12. The van der Waals surface area contributed by atoms with Crippen molar-refractivity contribution < 1.29 is 58.0 Å². The minimum absolute atomic E-state index is 0.137. The molecular formula is C120H156O12. The molecule has 0 spiro atoms. The van der Waals surface area contributed by atoms with Crippen molar-refractivity contribution in [1.29, 1.82) is 0 Å². The van der Waals surface area contributed by atoms with Crippen LogP contribution in [0.2, 0.25) is 0 Å².